The van der Waals surface area contributed by atoms with E-state index >= 15 is 0 Å². The van der Waals surface area contributed by atoms with E-state index in [1.165, 1.54) is 12.8 Å². The highest BCUT2D eigenvalue weighted by atomic mass is 19.1. The number of nitrogens with zero attached hydrogens (tertiary/aromatic N) is 1. The average Bonchev–Trinajstić information content (AvgIpc) is 3.16. The Bertz CT molecular complexity index is 442. The van der Waals surface area contributed by atoms with Crippen molar-refractivity contribution in [3.63, 3.8) is 0 Å². The molecule has 2 unspecified atom stereocenters. The van der Waals surface area contributed by atoms with Crippen LogP contribution in [0.25, 0.3) is 0 Å². The summed E-state index contributed by atoms with van der Waals surface area (Å²) in [5.74, 6) is -0.103. The first-order valence-electron chi connectivity index (χ1n) is 6.94. The molecule has 2 fully saturated rings. The van der Waals surface area contributed by atoms with Gasteiger partial charge >= 0.3 is 0 Å². The van der Waals surface area contributed by atoms with Crippen LogP contribution in [0.1, 0.15) is 42.9 Å². The summed E-state index contributed by atoms with van der Waals surface area (Å²) in [6, 6.07) is 6.16. The molecule has 98 valence electrons. The molecule has 3 rings (SSSR count). The lowest BCUT2D eigenvalue weighted by Gasteiger charge is -2.40. The molecule has 0 spiro atoms. The largest absolute Gasteiger partial charge is 0.326 e. The van der Waals surface area contributed by atoms with Crippen molar-refractivity contribution in [2.75, 3.05) is 6.54 Å². The molecule has 0 amide bonds. The number of benzene rings is 1. The summed E-state index contributed by atoms with van der Waals surface area (Å²) < 4.78 is 14.1. The maximum atomic E-state index is 14.1. The molecule has 2 nitrogen and oxygen atoms in total. The summed E-state index contributed by atoms with van der Waals surface area (Å²) >= 11 is 0. The van der Waals surface area contributed by atoms with E-state index in [0.717, 1.165) is 30.5 Å². The van der Waals surface area contributed by atoms with Crippen LogP contribution in [0.2, 0.25) is 0 Å². The third kappa shape index (κ3) is 2.17. The van der Waals surface area contributed by atoms with Gasteiger partial charge in [-0.2, -0.15) is 0 Å². The topological polar surface area (TPSA) is 29.3 Å². The van der Waals surface area contributed by atoms with Crippen LogP contribution >= 0.6 is 0 Å². The van der Waals surface area contributed by atoms with E-state index in [9.17, 15) is 4.39 Å². The Hall–Kier alpha value is -0.930. The summed E-state index contributed by atoms with van der Waals surface area (Å²) in [7, 11) is 0. The van der Waals surface area contributed by atoms with Gasteiger partial charge in [-0.05, 0) is 45.2 Å². The monoisotopic (exact) mass is 248 g/mol. The highest BCUT2D eigenvalue weighted by Gasteiger charge is 2.40. The van der Waals surface area contributed by atoms with Gasteiger partial charge in [-0.25, -0.2) is 4.39 Å². The summed E-state index contributed by atoms with van der Waals surface area (Å²) in [5, 5.41) is 0. The van der Waals surface area contributed by atoms with Crippen LogP contribution in [0.5, 0.6) is 0 Å². The van der Waals surface area contributed by atoms with E-state index in [1.807, 2.05) is 19.1 Å². The first kappa shape index (κ1) is 12.1. The number of rotatable bonds is 2. The van der Waals surface area contributed by atoms with Crippen molar-refractivity contribution in [2.45, 2.75) is 50.7 Å². The fourth-order valence-corrected chi connectivity index (χ4v) is 3.17. The van der Waals surface area contributed by atoms with E-state index in [-0.39, 0.29) is 17.9 Å². The van der Waals surface area contributed by atoms with Crippen molar-refractivity contribution in [1.82, 2.24) is 4.90 Å². The fraction of sp³-hybridized carbons (Fsp3) is 0.600. The molecule has 1 aromatic rings. The summed E-state index contributed by atoms with van der Waals surface area (Å²) in [5.41, 5.74) is 8.19. The van der Waals surface area contributed by atoms with Crippen LogP contribution in [-0.2, 0) is 0 Å². The lowest BCUT2D eigenvalue weighted by atomic mass is 9.89. The lowest BCUT2D eigenvalue weighted by Crippen LogP contribution is -2.47. The van der Waals surface area contributed by atoms with Gasteiger partial charge in [0.2, 0.25) is 0 Å². The van der Waals surface area contributed by atoms with E-state index in [1.54, 1.807) is 6.07 Å². The zero-order valence-corrected chi connectivity index (χ0v) is 10.9. The van der Waals surface area contributed by atoms with Gasteiger partial charge in [0.1, 0.15) is 5.82 Å². The molecule has 0 aromatic heterocycles. The molecule has 1 aliphatic heterocycles. The smallest absolute Gasteiger partial charge is 0.128 e. The minimum atomic E-state index is -0.103. The van der Waals surface area contributed by atoms with Crippen molar-refractivity contribution in [1.29, 1.82) is 0 Å². The van der Waals surface area contributed by atoms with Gasteiger partial charge in [-0.15, -0.1) is 0 Å². The van der Waals surface area contributed by atoms with Crippen LogP contribution in [0.3, 0.4) is 0 Å². The molecule has 1 aliphatic carbocycles. The first-order valence-corrected chi connectivity index (χ1v) is 6.94. The van der Waals surface area contributed by atoms with Crippen LogP contribution in [0.15, 0.2) is 18.2 Å². The standard InChI is InChI=1S/C15H21FN2/c1-10-4-7-13(16)12(9-10)15-14(17)3-2-8-18(15)11-5-6-11/h4,7,9,11,14-15H,2-3,5-6,8,17H2,1H3. The Morgan fingerprint density at radius 3 is 2.78 bits per heavy atom. The Labute approximate surface area is 108 Å². The van der Waals surface area contributed by atoms with E-state index in [2.05, 4.69) is 4.90 Å². The van der Waals surface area contributed by atoms with Crippen LogP contribution in [0, 0.1) is 12.7 Å². The Balaban J connectivity index is 1.97. The second-order valence-corrected chi connectivity index (χ2v) is 5.74. The maximum Gasteiger partial charge on any atom is 0.128 e. The zero-order chi connectivity index (χ0) is 12.7. The molecule has 1 aromatic carbocycles. The predicted octanol–water partition coefficient (Wildman–Crippen LogP) is 2.76. The van der Waals surface area contributed by atoms with Crippen LogP contribution in [-0.4, -0.2) is 23.5 Å². The number of aryl methyl sites for hydroxylation is 1. The predicted molar refractivity (Wildman–Crippen MR) is 70.8 cm³/mol. The Morgan fingerprint density at radius 2 is 2.06 bits per heavy atom. The van der Waals surface area contributed by atoms with E-state index in [4.69, 9.17) is 5.73 Å². The minimum absolute atomic E-state index is 0.0654. The minimum Gasteiger partial charge on any atom is -0.326 e. The fourth-order valence-electron chi connectivity index (χ4n) is 3.17. The van der Waals surface area contributed by atoms with E-state index in [0.29, 0.717) is 6.04 Å². The number of likely N-dealkylation sites (tertiary alicyclic amines) is 1. The second-order valence-electron chi connectivity index (χ2n) is 5.74. The molecule has 1 saturated heterocycles. The molecule has 2 N–H and O–H groups in total. The Morgan fingerprint density at radius 1 is 1.28 bits per heavy atom. The third-order valence-electron chi connectivity index (χ3n) is 4.20. The molecular weight excluding hydrogens is 227 g/mol. The molecule has 1 heterocycles. The average molecular weight is 248 g/mol. The van der Waals surface area contributed by atoms with Crippen molar-refractivity contribution in [3.8, 4) is 0 Å². The molecule has 0 bridgehead atoms. The van der Waals surface area contributed by atoms with Gasteiger partial charge < -0.3 is 5.73 Å². The van der Waals surface area contributed by atoms with Crippen LogP contribution < -0.4 is 5.73 Å². The summed E-state index contributed by atoms with van der Waals surface area (Å²) in [6.07, 6.45) is 4.64. The summed E-state index contributed by atoms with van der Waals surface area (Å²) in [6.45, 7) is 3.08. The molecule has 2 atom stereocenters. The molecule has 2 aliphatic rings. The molecule has 3 heteroatoms. The van der Waals surface area contributed by atoms with Crippen molar-refractivity contribution < 1.29 is 4.39 Å². The van der Waals surface area contributed by atoms with Gasteiger partial charge in [0.15, 0.2) is 0 Å². The SMILES string of the molecule is Cc1ccc(F)c(C2C(N)CCCN2C2CC2)c1. The number of halogens is 1. The van der Waals surface area contributed by atoms with Gasteiger partial charge in [0.25, 0.3) is 0 Å². The first-order chi connectivity index (χ1) is 8.66. The second kappa shape index (κ2) is 4.63. The zero-order valence-electron chi connectivity index (χ0n) is 10.9. The number of hydrogen-bond donors (Lipinski definition) is 1. The highest BCUT2D eigenvalue weighted by Crippen LogP contribution is 2.40. The lowest BCUT2D eigenvalue weighted by molar-refractivity contribution is 0.117. The quantitative estimate of drug-likeness (QED) is 0.872. The van der Waals surface area contributed by atoms with Gasteiger partial charge in [0, 0.05) is 17.6 Å². The summed E-state index contributed by atoms with van der Waals surface area (Å²) in [4.78, 5) is 2.44. The Kier molecular flexibility index (Phi) is 3.12. The van der Waals surface area contributed by atoms with Gasteiger partial charge in [-0.1, -0.05) is 17.7 Å². The van der Waals surface area contributed by atoms with Crippen molar-refractivity contribution in [2.24, 2.45) is 5.73 Å². The maximum absolute atomic E-state index is 14.1. The van der Waals surface area contributed by atoms with Crippen LogP contribution in [0.4, 0.5) is 4.39 Å². The number of hydrogen-bond acceptors (Lipinski definition) is 2. The van der Waals surface area contributed by atoms with Crippen molar-refractivity contribution >= 4 is 0 Å². The van der Waals surface area contributed by atoms with Gasteiger partial charge in [0.05, 0.1) is 6.04 Å². The van der Waals surface area contributed by atoms with Gasteiger partial charge in [-0.3, -0.25) is 4.90 Å². The molecule has 0 radical (unpaired) electrons. The number of piperidine rings is 1. The molecular formula is C15H21FN2. The number of nitrogens with two attached hydrogens (primary N) is 1. The van der Waals surface area contributed by atoms with Crippen molar-refractivity contribution in [3.05, 3.63) is 35.1 Å². The third-order valence-corrected chi connectivity index (χ3v) is 4.20. The normalized spacial score (nSPS) is 29.5. The molecule has 18 heavy (non-hydrogen) atoms. The highest BCUT2D eigenvalue weighted by molar-refractivity contribution is 5.29. The van der Waals surface area contributed by atoms with E-state index < -0.39 is 0 Å². The molecule has 1 saturated carbocycles.